The number of benzene rings is 2. The van der Waals surface area contributed by atoms with Crippen LogP contribution in [0.3, 0.4) is 0 Å². The van der Waals surface area contributed by atoms with Crippen molar-refractivity contribution in [1.29, 1.82) is 0 Å². The lowest BCUT2D eigenvalue weighted by molar-refractivity contribution is -0.147. The van der Waals surface area contributed by atoms with E-state index in [1.54, 1.807) is 0 Å². The number of hydrogen-bond donors (Lipinski definition) is 5. The normalized spacial score (nSPS) is 12.7. The number of aromatic carboxylic acids is 1. The molecule has 9 heteroatoms. The summed E-state index contributed by atoms with van der Waals surface area (Å²) < 4.78 is 0. The van der Waals surface area contributed by atoms with E-state index in [1.807, 2.05) is 54.6 Å². The first-order valence-electron chi connectivity index (χ1n) is 9.48. The molecule has 5 N–H and O–H groups in total. The van der Waals surface area contributed by atoms with Crippen molar-refractivity contribution >= 4 is 17.8 Å². The van der Waals surface area contributed by atoms with Gasteiger partial charge >= 0.3 is 11.9 Å². The van der Waals surface area contributed by atoms with Gasteiger partial charge in [-0.1, -0.05) is 54.6 Å². The Labute approximate surface area is 177 Å². The van der Waals surface area contributed by atoms with Crippen LogP contribution in [-0.4, -0.2) is 55.5 Å². The van der Waals surface area contributed by atoms with Crippen LogP contribution in [0.25, 0.3) is 11.1 Å². The Morgan fingerprint density at radius 1 is 0.968 bits per heavy atom. The number of aromatic amines is 1. The van der Waals surface area contributed by atoms with E-state index >= 15 is 0 Å². The molecular formula is C22H21N3O6. The molecule has 0 saturated carbocycles. The molecule has 0 fully saturated rings. The summed E-state index contributed by atoms with van der Waals surface area (Å²) in [7, 11) is 0. The Morgan fingerprint density at radius 2 is 1.61 bits per heavy atom. The molecule has 0 saturated heterocycles. The van der Waals surface area contributed by atoms with Gasteiger partial charge in [0.05, 0.1) is 0 Å². The van der Waals surface area contributed by atoms with E-state index in [0.717, 1.165) is 22.8 Å². The molecule has 1 aromatic heterocycles. The van der Waals surface area contributed by atoms with Crippen LogP contribution >= 0.6 is 0 Å². The number of aliphatic hydroxyl groups is 1. The van der Waals surface area contributed by atoms with Gasteiger partial charge in [-0.15, -0.1) is 0 Å². The van der Waals surface area contributed by atoms with Gasteiger partial charge in [0.1, 0.15) is 5.69 Å². The summed E-state index contributed by atoms with van der Waals surface area (Å²) in [5, 5.41) is 36.3. The minimum absolute atomic E-state index is 0.147. The topological polar surface area (TPSA) is 153 Å². The van der Waals surface area contributed by atoms with Crippen molar-refractivity contribution in [1.82, 2.24) is 15.5 Å². The highest BCUT2D eigenvalue weighted by atomic mass is 16.4. The number of nitrogens with zero attached hydrogens (tertiary/aromatic N) is 1. The van der Waals surface area contributed by atoms with Gasteiger partial charge < -0.3 is 20.6 Å². The van der Waals surface area contributed by atoms with E-state index in [4.69, 9.17) is 10.2 Å². The van der Waals surface area contributed by atoms with Crippen LogP contribution in [0, 0.1) is 0 Å². The number of H-pyrrole nitrogens is 1. The third-order valence-electron chi connectivity index (χ3n) is 4.71. The second-order valence-corrected chi connectivity index (χ2v) is 7.00. The second-order valence-electron chi connectivity index (χ2n) is 7.00. The van der Waals surface area contributed by atoms with Crippen molar-refractivity contribution in [2.45, 2.75) is 25.0 Å². The zero-order chi connectivity index (χ0) is 22.4. The quantitative estimate of drug-likeness (QED) is 0.353. The molecule has 0 spiro atoms. The minimum Gasteiger partial charge on any atom is -0.479 e. The number of aliphatic carboxylic acids is 1. The lowest BCUT2D eigenvalue weighted by Gasteiger charge is -2.20. The van der Waals surface area contributed by atoms with Gasteiger partial charge in [-0.05, 0) is 23.1 Å². The number of nitrogens with one attached hydrogen (secondary N) is 2. The van der Waals surface area contributed by atoms with Crippen molar-refractivity contribution < 1.29 is 29.7 Å². The minimum atomic E-state index is -1.66. The largest absolute Gasteiger partial charge is 0.479 e. The van der Waals surface area contributed by atoms with E-state index in [2.05, 4.69) is 15.5 Å². The molecule has 0 aliphatic heterocycles. The van der Waals surface area contributed by atoms with E-state index in [0.29, 0.717) is 0 Å². The second kappa shape index (κ2) is 9.68. The highest BCUT2D eigenvalue weighted by Gasteiger charge is 2.24. The molecule has 2 aromatic carbocycles. The van der Waals surface area contributed by atoms with Gasteiger partial charge in [-0.2, -0.15) is 5.10 Å². The fraction of sp³-hybridized carbons (Fsp3) is 0.182. The number of aromatic nitrogens is 2. The first-order chi connectivity index (χ1) is 14.8. The van der Waals surface area contributed by atoms with Gasteiger partial charge in [0.15, 0.2) is 11.8 Å². The summed E-state index contributed by atoms with van der Waals surface area (Å²) in [6, 6.07) is 17.7. The number of hydrogen-bond acceptors (Lipinski definition) is 5. The monoisotopic (exact) mass is 423 g/mol. The molecule has 1 heterocycles. The van der Waals surface area contributed by atoms with E-state index in [9.17, 15) is 19.5 Å². The van der Waals surface area contributed by atoms with Gasteiger partial charge in [-0.25, -0.2) is 9.59 Å². The third-order valence-corrected chi connectivity index (χ3v) is 4.71. The standard InChI is InChI=1S/C22H21N3O6/c26-19(22(30)31)11-16(23-20(27)17-12-18(21(28)29)25-24-17)10-13-6-8-15(9-7-13)14-4-2-1-3-5-14/h1-9,12,16,19,26H,10-11H2,(H,23,27)(H,24,25)(H,28,29)(H,30,31)/t16-,19+/m1/s1. The molecule has 31 heavy (non-hydrogen) atoms. The van der Waals surface area contributed by atoms with E-state index in [-0.39, 0.29) is 24.2 Å². The average molecular weight is 423 g/mol. The molecule has 160 valence electrons. The average Bonchev–Trinajstić information content (AvgIpc) is 3.25. The predicted molar refractivity (Wildman–Crippen MR) is 111 cm³/mol. The zero-order valence-corrected chi connectivity index (χ0v) is 16.4. The summed E-state index contributed by atoms with van der Waals surface area (Å²) in [5.41, 5.74) is 2.49. The summed E-state index contributed by atoms with van der Waals surface area (Å²) in [6.45, 7) is 0. The van der Waals surface area contributed by atoms with Gasteiger partial charge in [-0.3, -0.25) is 9.89 Å². The van der Waals surface area contributed by atoms with Crippen LogP contribution in [0.5, 0.6) is 0 Å². The number of amides is 1. The van der Waals surface area contributed by atoms with Crippen molar-refractivity contribution in [2.24, 2.45) is 0 Å². The Bertz CT molecular complexity index is 1060. The van der Waals surface area contributed by atoms with Gasteiger partial charge in [0.2, 0.25) is 0 Å². The van der Waals surface area contributed by atoms with Crippen LogP contribution in [-0.2, 0) is 11.2 Å². The van der Waals surface area contributed by atoms with E-state index in [1.165, 1.54) is 0 Å². The Balaban J connectivity index is 1.74. The molecule has 1 amide bonds. The molecule has 0 radical (unpaired) electrons. The number of carbonyl (C=O) groups is 3. The molecule has 0 aliphatic carbocycles. The maximum absolute atomic E-state index is 12.5. The summed E-state index contributed by atoms with van der Waals surface area (Å²) in [6.07, 6.45) is -1.62. The highest BCUT2D eigenvalue weighted by molar-refractivity contribution is 5.95. The van der Waals surface area contributed by atoms with Crippen LogP contribution < -0.4 is 5.32 Å². The molecule has 0 unspecified atom stereocenters. The lowest BCUT2D eigenvalue weighted by atomic mass is 9.97. The summed E-state index contributed by atoms with van der Waals surface area (Å²) in [5.74, 6) is -3.33. The molecule has 0 aliphatic rings. The first kappa shape index (κ1) is 21.7. The van der Waals surface area contributed by atoms with E-state index < -0.39 is 30.0 Å². The van der Waals surface area contributed by atoms with Crippen molar-refractivity contribution in [3.05, 3.63) is 77.6 Å². The number of carbonyl (C=O) groups excluding carboxylic acids is 1. The van der Waals surface area contributed by atoms with Crippen molar-refractivity contribution in [2.75, 3.05) is 0 Å². The SMILES string of the molecule is O=C(N[C@H](Cc1ccc(-c2ccccc2)cc1)C[C@H](O)C(=O)O)c1cc(C(=O)O)[nH]n1. The molecule has 2 atom stereocenters. The molecular weight excluding hydrogens is 402 g/mol. The van der Waals surface area contributed by atoms with Crippen LogP contribution in [0.1, 0.15) is 33.0 Å². The Kier molecular flexibility index (Phi) is 6.78. The number of rotatable bonds is 9. The highest BCUT2D eigenvalue weighted by Crippen LogP contribution is 2.20. The fourth-order valence-electron chi connectivity index (χ4n) is 3.12. The number of carboxylic acids is 2. The van der Waals surface area contributed by atoms with Crippen molar-refractivity contribution in [3.8, 4) is 11.1 Å². The van der Waals surface area contributed by atoms with Gasteiger partial charge in [0, 0.05) is 18.5 Å². The number of aliphatic hydroxyl groups excluding tert-OH is 1. The maximum atomic E-state index is 12.5. The Hall–Kier alpha value is -3.98. The first-order valence-corrected chi connectivity index (χ1v) is 9.48. The van der Waals surface area contributed by atoms with Crippen LogP contribution in [0.2, 0.25) is 0 Å². The predicted octanol–water partition coefficient (Wildman–Crippen LogP) is 1.95. The zero-order valence-electron chi connectivity index (χ0n) is 16.4. The molecule has 3 rings (SSSR count). The fourth-order valence-corrected chi connectivity index (χ4v) is 3.12. The summed E-state index contributed by atoms with van der Waals surface area (Å²) >= 11 is 0. The maximum Gasteiger partial charge on any atom is 0.353 e. The lowest BCUT2D eigenvalue weighted by Crippen LogP contribution is -2.40. The van der Waals surface area contributed by atoms with Crippen LogP contribution in [0.15, 0.2) is 60.7 Å². The third kappa shape index (κ3) is 5.77. The van der Waals surface area contributed by atoms with Gasteiger partial charge in [0.25, 0.3) is 5.91 Å². The van der Waals surface area contributed by atoms with Crippen molar-refractivity contribution in [3.63, 3.8) is 0 Å². The van der Waals surface area contributed by atoms with Crippen LogP contribution in [0.4, 0.5) is 0 Å². The molecule has 3 aromatic rings. The summed E-state index contributed by atoms with van der Waals surface area (Å²) in [4.78, 5) is 34.5. The Morgan fingerprint density at radius 3 is 2.19 bits per heavy atom. The number of carboxylic acid groups (broad SMARTS) is 2. The molecule has 9 nitrogen and oxygen atoms in total. The molecule has 0 bridgehead atoms. The smallest absolute Gasteiger partial charge is 0.353 e.